The number of hydrogen-bond donors (Lipinski definition) is 0. The summed E-state index contributed by atoms with van der Waals surface area (Å²) in [5.74, 6) is 1.16. The summed E-state index contributed by atoms with van der Waals surface area (Å²) in [6.45, 7) is 9.12. The summed E-state index contributed by atoms with van der Waals surface area (Å²) in [5, 5.41) is 0. The van der Waals surface area contributed by atoms with Gasteiger partial charge in [-0.05, 0) is 18.1 Å². The molecule has 14 heavy (non-hydrogen) atoms. The fourth-order valence-electron chi connectivity index (χ4n) is 1.36. The quantitative estimate of drug-likeness (QED) is 0.631. The summed E-state index contributed by atoms with van der Waals surface area (Å²) in [5.41, 5.74) is 1.38. The molecule has 0 radical (unpaired) electrons. The highest BCUT2D eigenvalue weighted by molar-refractivity contribution is 5.50. The van der Waals surface area contributed by atoms with Crippen molar-refractivity contribution in [2.75, 3.05) is 18.5 Å². The highest BCUT2D eigenvalue weighted by atomic mass is 15.2. The van der Waals surface area contributed by atoms with Crippen LogP contribution in [0, 0.1) is 0 Å². The molecule has 0 fully saturated rings. The van der Waals surface area contributed by atoms with Gasteiger partial charge >= 0.3 is 0 Å². The molecule has 0 aromatic carbocycles. The van der Waals surface area contributed by atoms with Gasteiger partial charge in [0, 0.05) is 19.8 Å². The topological polar surface area (TPSA) is 16.1 Å². The van der Waals surface area contributed by atoms with Crippen LogP contribution < -0.4 is 4.90 Å². The minimum absolute atomic E-state index is 1.12. The van der Waals surface area contributed by atoms with Crippen molar-refractivity contribution in [2.45, 2.75) is 34.1 Å². The Morgan fingerprint density at radius 3 is 2.43 bits per heavy atom. The van der Waals surface area contributed by atoms with Crippen LogP contribution in [-0.4, -0.2) is 18.6 Å². The maximum atomic E-state index is 4.27. The van der Waals surface area contributed by atoms with E-state index in [2.05, 4.69) is 23.0 Å². The summed E-state index contributed by atoms with van der Waals surface area (Å²) < 4.78 is 0. The third-order valence-corrected chi connectivity index (χ3v) is 1.95. The van der Waals surface area contributed by atoms with Gasteiger partial charge in [0.05, 0.1) is 0 Å². The monoisotopic (exact) mass is 194 g/mol. The molecular formula is C12H22N2. The molecular weight excluding hydrogens is 172 g/mol. The zero-order chi connectivity index (χ0) is 11.0. The van der Waals surface area contributed by atoms with E-state index in [9.17, 15) is 0 Å². The van der Waals surface area contributed by atoms with Gasteiger partial charge in [0.1, 0.15) is 5.82 Å². The van der Waals surface area contributed by atoms with Gasteiger partial charge in [0.25, 0.3) is 0 Å². The average Bonchev–Trinajstić information content (AvgIpc) is 2.67. The number of anilines is 1. The lowest BCUT2D eigenvalue weighted by Crippen LogP contribution is -2.13. The van der Waals surface area contributed by atoms with Gasteiger partial charge in [-0.3, -0.25) is 0 Å². The van der Waals surface area contributed by atoms with Crippen molar-refractivity contribution < 1.29 is 0 Å². The Balaban J connectivity index is 0.000000379. The second kappa shape index (κ2) is 7.36. The van der Waals surface area contributed by atoms with E-state index in [0.717, 1.165) is 18.8 Å². The Bertz CT molecular complexity index is 246. The van der Waals surface area contributed by atoms with E-state index in [1.54, 1.807) is 0 Å². The van der Waals surface area contributed by atoms with Crippen molar-refractivity contribution in [3.8, 4) is 0 Å². The van der Waals surface area contributed by atoms with Gasteiger partial charge < -0.3 is 4.90 Å². The van der Waals surface area contributed by atoms with Gasteiger partial charge in [-0.1, -0.05) is 33.8 Å². The fraction of sp³-hybridized carbons (Fsp3) is 0.583. The van der Waals surface area contributed by atoms with Gasteiger partial charge in [0.2, 0.25) is 0 Å². The molecule has 0 saturated carbocycles. The van der Waals surface area contributed by atoms with Crippen LogP contribution in [0.4, 0.5) is 5.82 Å². The van der Waals surface area contributed by atoms with Crippen molar-refractivity contribution in [3.05, 3.63) is 23.9 Å². The van der Waals surface area contributed by atoms with Crippen molar-refractivity contribution in [3.63, 3.8) is 0 Å². The SMILES string of the molecule is CC.CC.CN1CCc2cccnc21. The largest absolute Gasteiger partial charge is 0.359 e. The summed E-state index contributed by atoms with van der Waals surface area (Å²) >= 11 is 0. The van der Waals surface area contributed by atoms with Crippen LogP contribution in [0.1, 0.15) is 33.3 Å². The summed E-state index contributed by atoms with van der Waals surface area (Å²) in [6.07, 6.45) is 3.00. The predicted octanol–water partition coefficient (Wildman–Crippen LogP) is 3.13. The highest BCUT2D eigenvalue weighted by Gasteiger charge is 2.14. The lowest BCUT2D eigenvalue weighted by atomic mass is 10.2. The molecule has 2 heterocycles. The first kappa shape index (κ1) is 12.9. The van der Waals surface area contributed by atoms with Crippen molar-refractivity contribution in [1.82, 2.24) is 4.98 Å². The second-order valence-corrected chi connectivity index (χ2v) is 2.66. The maximum Gasteiger partial charge on any atom is 0.131 e. The van der Waals surface area contributed by atoms with Crippen molar-refractivity contribution >= 4 is 5.82 Å². The Labute approximate surface area is 88.0 Å². The molecule has 1 aliphatic heterocycles. The summed E-state index contributed by atoms with van der Waals surface area (Å²) in [6, 6.07) is 4.14. The standard InChI is InChI=1S/C8H10N2.2C2H6/c1-10-6-4-7-3-2-5-9-8(7)10;2*1-2/h2-3,5H,4,6H2,1H3;2*1-2H3. The number of hydrogen-bond acceptors (Lipinski definition) is 2. The molecule has 0 amide bonds. The number of rotatable bonds is 0. The minimum atomic E-state index is 1.12. The third kappa shape index (κ3) is 3.02. The highest BCUT2D eigenvalue weighted by Crippen LogP contribution is 2.22. The number of likely N-dealkylation sites (N-methyl/N-ethyl adjacent to an activating group) is 1. The van der Waals surface area contributed by atoms with Crippen LogP contribution in [0.15, 0.2) is 18.3 Å². The van der Waals surface area contributed by atoms with Crippen molar-refractivity contribution in [2.24, 2.45) is 0 Å². The Kier molecular flexibility index (Phi) is 6.81. The van der Waals surface area contributed by atoms with Gasteiger partial charge in [-0.25, -0.2) is 4.98 Å². The first-order valence-electron chi connectivity index (χ1n) is 5.53. The molecule has 0 unspecified atom stereocenters. The maximum absolute atomic E-state index is 4.27. The van der Waals surface area contributed by atoms with Crippen LogP contribution in [0.25, 0.3) is 0 Å². The smallest absolute Gasteiger partial charge is 0.131 e. The van der Waals surface area contributed by atoms with E-state index in [-0.39, 0.29) is 0 Å². The summed E-state index contributed by atoms with van der Waals surface area (Å²) in [7, 11) is 2.08. The Morgan fingerprint density at radius 1 is 1.21 bits per heavy atom. The molecule has 80 valence electrons. The molecule has 0 bridgehead atoms. The number of fused-ring (bicyclic) bond motifs is 1. The minimum Gasteiger partial charge on any atom is -0.359 e. The van der Waals surface area contributed by atoms with E-state index in [0.29, 0.717) is 0 Å². The molecule has 1 aliphatic rings. The lowest BCUT2D eigenvalue weighted by molar-refractivity contribution is 0.945. The number of aromatic nitrogens is 1. The van der Waals surface area contributed by atoms with Crippen molar-refractivity contribution in [1.29, 1.82) is 0 Å². The predicted molar refractivity (Wildman–Crippen MR) is 63.9 cm³/mol. The molecule has 0 saturated heterocycles. The molecule has 2 rings (SSSR count). The van der Waals surface area contributed by atoms with Crippen LogP contribution >= 0.6 is 0 Å². The zero-order valence-electron chi connectivity index (χ0n) is 10.0. The van der Waals surface area contributed by atoms with Crippen LogP contribution in [0.3, 0.4) is 0 Å². The van der Waals surface area contributed by atoms with E-state index in [4.69, 9.17) is 0 Å². The van der Waals surface area contributed by atoms with E-state index >= 15 is 0 Å². The molecule has 0 atom stereocenters. The van der Waals surface area contributed by atoms with E-state index < -0.39 is 0 Å². The lowest BCUT2D eigenvalue weighted by Gasteiger charge is -2.08. The van der Waals surface area contributed by atoms with Crippen LogP contribution in [0.5, 0.6) is 0 Å². The molecule has 0 N–H and O–H groups in total. The normalized spacial score (nSPS) is 11.9. The average molecular weight is 194 g/mol. The summed E-state index contributed by atoms with van der Waals surface area (Å²) in [4.78, 5) is 6.46. The third-order valence-electron chi connectivity index (χ3n) is 1.95. The molecule has 2 nitrogen and oxygen atoms in total. The molecule has 2 heteroatoms. The van der Waals surface area contributed by atoms with E-state index in [1.165, 1.54) is 5.56 Å². The van der Waals surface area contributed by atoms with Gasteiger partial charge in [0.15, 0.2) is 0 Å². The van der Waals surface area contributed by atoms with Crippen LogP contribution in [0.2, 0.25) is 0 Å². The number of pyridine rings is 1. The molecule has 1 aromatic rings. The molecule has 0 spiro atoms. The Hall–Kier alpha value is -1.05. The Morgan fingerprint density at radius 2 is 1.86 bits per heavy atom. The fourth-order valence-corrected chi connectivity index (χ4v) is 1.36. The first-order valence-corrected chi connectivity index (χ1v) is 5.53. The molecule has 0 aliphatic carbocycles. The van der Waals surface area contributed by atoms with E-state index in [1.807, 2.05) is 40.0 Å². The van der Waals surface area contributed by atoms with Crippen LogP contribution in [-0.2, 0) is 6.42 Å². The molecule has 1 aromatic heterocycles. The first-order chi connectivity index (χ1) is 6.88. The van der Waals surface area contributed by atoms with Gasteiger partial charge in [-0.15, -0.1) is 0 Å². The number of nitrogens with zero attached hydrogens (tertiary/aromatic N) is 2. The zero-order valence-corrected chi connectivity index (χ0v) is 10.0. The second-order valence-electron chi connectivity index (χ2n) is 2.66. The van der Waals surface area contributed by atoms with Gasteiger partial charge in [-0.2, -0.15) is 0 Å².